The Morgan fingerprint density at radius 3 is 3.07 bits per heavy atom. The molecular weight excluding hydrogens is 190 g/mol. The molecule has 1 saturated carbocycles. The molecule has 2 rings (SSSR count). The molecule has 4 nitrogen and oxygen atoms in total. The molecule has 1 aliphatic carbocycles. The predicted octanol–water partition coefficient (Wildman–Crippen LogP) is 0.758. The molecule has 4 N–H and O–H groups in total. The Kier molecular flexibility index (Phi) is 3.06. The molecular formula is C11H17N3O. The number of hydrogen-bond acceptors (Lipinski definition) is 2. The lowest BCUT2D eigenvalue weighted by Gasteiger charge is -2.09. The van der Waals surface area contributed by atoms with Crippen LogP contribution in [-0.2, 0) is 11.3 Å². The largest absolute Gasteiger partial charge is 0.367 e. The van der Waals surface area contributed by atoms with Crippen molar-refractivity contribution < 1.29 is 4.79 Å². The topological polar surface area (TPSA) is 70.9 Å². The van der Waals surface area contributed by atoms with Crippen LogP contribution in [0, 0.1) is 5.92 Å². The number of rotatable bonds is 5. The first-order chi connectivity index (χ1) is 7.25. The summed E-state index contributed by atoms with van der Waals surface area (Å²) in [5.74, 6) is 0.638. The van der Waals surface area contributed by atoms with Crippen molar-refractivity contribution in [3.8, 4) is 0 Å². The van der Waals surface area contributed by atoms with E-state index in [2.05, 4.69) is 10.3 Å². The highest BCUT2D eigenvalue weighted by molar-refractivity contribution is 5.76. The molecule has 0 bridgehead atoms. The zero-order valence-electron chi connectivity index (χ0n) is 8.70. The minimum absolute atomic E-state index is 0.0515. The van der Waals surface area contributed by atoms with Gasteiger partial charge in [-0.05, 0) is 30.4 Å². The molecule has 0 aliphatic heterocycles. The lowest BCUT2D eigenvalue weighted by molar-refractivity contribution is -0.121. The standard InChI is InChI=1S/C11H17N3O/c12-10(9-1-2-9)5-11(15)14-7-8-3-4-13-6-8/h3-4,6,9-10,13H,1-2,5,7,12H2,(H,14,15). The maximum atomic E-state index is 11.5. The van der Waals surface area contributed by atoms with E-state index in [-0.39, 0.29) is 11.9 Å². The number of aromatic amines is 1. The van der Waals surface area contributed by atoms with E-state index in [4.69, 9.17) is 5.73 Å². The van der Waals surface area contributed by atoms with Gasteiger partial charge in [0.15, 0.2) is 0 Å². The van der Waals surface area contributed by atoms with Crippen molar-refractivity contribution in [2.45, 2.75) is 31.8 Å². The average molecular weight is 207 g/mol. The fourth-order valence-corrected chi connectivity index (χ4v) is 1.65. The van der Waals surface area contributed by atoms with Gasteiger partial charge in [-0.1, -0.05) is 0 Å². The highest BCUT2D eigenvalue weighted by Gasteiger charge is 2.29. The van der Waals surface area contributed by atoms with Gasteiger partial charge in [0.1, 0.15) is 0 Å². The molecule has 0 radical (unpaired) electrons. The third kappa shape index (κ3) is 3.09. The number of H-pyrrole nitrogens is 1. The van der Waals surface area contributed by atoms with Crippen LogP contribution in [0.2, 0.25) is 0 Å². The molecule has 1 fully saturated rings. The van der Waals surface area contributed by atoms with E-state index < -0.39 is 0 Å². The van der Waals surface area contributed by atoms with E-state index in [9.17, 15) is 4.79 Å². The second kappa shape index (κ2) is 4.49. The quantitative estimate of drug-likeness (QED) is 0.667. The fourth-order valence-electron chi connectivity index (χ4n) is 1.65. The molecule has 15 heavy (non-hydrogen) atoms. The van der Waals surface area contributed by atoms with Gasteiger partial charge in [-0.15, -0.1) is 0 Å². The van der Waals surface area contributed by atoms with Crippen molar-refractivity contribution >= 4 is 5.91 Å². The van der Waals surface area contributed by atoms with E-state index in [1.54, 1.807) is 0 Å². The maximum absolute atomic E-state index is 11.5. The van der Waals surface area contributed by atoms with Gasteiger partial charge in [0, 0.05) is 31.4 Å². The van der Waals surface area contributed by atoms with Crippen LogP contribution in [-0.4, -0.2) is 16.9 Å². The van der Waals surface area contributed by atoms with Crippen molar-refractivity contribution in [3.05, 3.63) is 24.0 Å². The Bertz CT molecular complexity index is 317. The first kappa shape index (κ1) is 10.2. The van der Waals surface area contributed by atoms with E-state index in [1.165, 1.54) is 12.8 Å². The first-order valence-corrected chi connectivity index (χ1v) is 5.39. The number of amides is 1. The smallest absolute Gasteiger partial charge is 0.221 e. The van der Waals surface area contributed by atoms with Gasteiger partial charge in [-0.3, -0.25) is 4.79 Å². The number of hydrogen-bond donors (Lipinski definition) is 3. The Balaban J connectivity index is 1.68. The van der Waals surface area contributed by atoms with Crippen molar-refractivity contribution in [1.82, 2.24) is 10.3 Å². The lowest BCUT2D eigenvalue weighted by Crippen LogP contribution is -2.32. The van der Waals surface area contributed by atoms with Crippen molar-refractivity contribution in [2.24, 2.45) is 11.7 Å². The van der Waals surface area contributed by atoms with E-state index >= 15 is 0 Å². The highest BCUT2D eigenvalue weighted by Crippen LogP contribution is 2.32. The Labute approximate surface area is 89.2 Å². The molecule has 1 heterocycles. The second-order valence-corrected chi connectivity index (χ2v) is 4.20. The normalized spacial score (nSPS) is 17.4. The Hall–Kier alpha value is -1.29. The summed E-state index contributed by atoms with van der Waals surface area (Å²) >= 11 is 0. The van der Waals surface area contributed by atoms with Crippen LogP contribution in [0.3, 0.4) is 0 Å². The van der Waals surface area contributed by atoms with Gasteiger partial charge in [-0.25, -0.2) is 0 Å². The SMILES string of the molecule is NC(CC(=O)NCc1cc[nH]c1)C1CC1. The van der Waals surface area contributed by atoms with Crippen molar-refractivity contribution in [3.63, 3.8) is 0 Å². The Morgan fingerprint density at radius 2 is 2.47 bits per heavy atom. The van der Waals surface area contributed by atoms with Crippen LogP contribution in [0.4, 0.5) is 0 Å². The summed E-state index contributed by atoms with van der Waals surface area (Å²) in [6.07, 6.45) is 6.55. The van der Waals surface area contributed by atoms with Gasteiger partial charge in [0.2, 0.25) is 5.91 Å². The maximum Gasteiger partial charge on any atom is 0.221 e. The van der Waals surface area contributed by atoms with Gasteiger partial charge < -0.3 is 16.0 Å². The van der Waals surface area contributed by atoms with E-state index in [0.29, 0.717) is 18.9 Å². The third-order valence-corrected chi connectivity index (χ3v) is 2.80. The number of carbonyl (C=O) groups excluding carboxylic acids is 1. The summed E-state index contributed by atoms with van der Waals surface area (Å²) < 4.78 is 0. The van der Waals surface area contributed by atoms with Gasteiger partial charge in [-0.2, -0.15) is 0 Å². The fraction of sp³-hybridized carbons (Fsp3) is 0.545. The molecule has 1 aliphatic rings. The van der Waals surface area contributed by atoms with E-state index in [1.807, 2.05) is 18.5 Å². The van der Waals surface area contributed by atoms with Crippen LogP contribution in [0.1, 0.15) is 24.8 Å². The first-order valence-electron chi connectivity index (χ1n) is 5.39. The zero-order chi connectivity index (χ0) is 10.7. The minimum atomic E-state index is 0.0515. The number of aromatic nitrogens is 1. The molecule has 1 aromatic rings. The third-order valence-electron chi connectivity index (χ3n) is 2.80. The van der Waals surface area contributed by atoms with Crippen LogP contribution in [0.15, 0.2) is 18.5 Å². The molecule has 1 atom stereocenters. The zero-order valence-corrected chi connectivity index (χ0v) is 8.70. The van der Waals surface area contributed by atoms with Crippen molar-refractivity contribution in [2.75, 3.05) is 0 Å². The molecule has 1 unspecified atom stereocenters. The highest BCUT2D eigenvalue weighted by atomic mass is 16.1. The molecule has 1 amide bonds. The van der Waals surface area contributed by atoms with E-state index in [0.717, 1.165) is 5.56 Å². The average Bonchev–Trinajstić information content (AvgIpc) is 2.93. The minimum Gasteiger partial charge on any atom is -0.367 e. The molecule has 1 aromatic heterocycles. The molecule has 0 spiro atoms. The lowest BCUT2D eigenvalue weighted by atomic mass is 10.1. The summed E-state index contributed by atoms with van der Waals surface area (Å²) in [4.78, 5) is 14.4. The van der Waals surface area contributed by atoms with Crippen LogP contribution in [0.5, 0.6) is 0 Å². The Morgan fingerprint density at radius 1 is 1.67 bits per heavy atom. The monoisotopic (exact) mass is 207 g/mol. The van der Waals surface area contributed by atoms with Crippen LogP contribution >= 0.6 is 0 Å². The molecule has 0 saturated heterocycles. The predicted molar refractivity (Wildman–Crippen MR) is 58.0 cm³/mol. The number of nitrogens with one attached hydrogen (secondary N) is 2. The van der Waals surface area contributed by atoms with Crippen molar-refractivity contribution in [1.29, 1.82) is 0 Å². The summed E-state index contributed by atoms with van der Waals surface area (Å²) in [6, 6.07) is 2.00. The van der Waals surface area contributed by atoms with Gasteiger partial charge in [0.05, 0.1) is 0 Å². The van der Waals surface area contributed by atoms with Gasteiger partial charge >= 0.3 is 0 Å². The van der Waals surface area contributed by atoms with Crippen LogP contribution in [0.25, 0.3) is 0 Å². The summed E-state index contributed by atoms with van der Waals surface area (Å²) in [7, 11) is 0. The van der Waals surface area contributed by atoms with Crippen LogP contribution < -0.4 is 11.1 Å². The second-order valence-electron chi connectivity index (χ2n) is 4.20. The van der Waals surface area contributed by atoms with Gasteiger partial charge in [0.25, 0.3) is 0 Å². The summed E-state index contributed by atoms with van der Waals surface area (Å²) in [5.41, 5.74) is 6.95. The summed E-state index contributed by atoms with van der Waals surface area (Å²) in [5, 5.41) is 2.86. The number of carbonyl (C=O) groups is 1. The number of nitrogens with two attached hydrogens (primary N) is 1. The molecule has 4 heteroatoms. The molecule has 82 valence electrons. The molecule has 0 aromatic carbocycles. The summed E-state index contributed by atoms with van der Waals surface area (Å²) in [6.45, 7) is 0.583.